The Morgan fingerprint density at radius 1 is 1.41 bits per heavy atom. The molecule has 3 N–H and O–H groups in total. The van der Waals surface area contributed by atoms with E-state index < -0.39 is 42.4 Å². The summed E-state index contributed by atoms with van der Waals surface area (Å²) in [6, 6.07) is -3.63. The molecule has 0 heterocycles. The minimum absolute atomic E-state index is 1.10. The van der Waals surface area contributed by atoms with Crippen LogP contribution < -0.4 is 5.32 Å². The minimum atomic E-state index is -3.81. The van der Waals surface area contributed by atoms with Crippen molar-refractivity contribution in [2.75, 3.05) is 0 Å². The van der Waals surface area contributed by atoms with Gasteiger partial charge in [0.25, 0.3) is 0 Å². The van der Waals surface area contributed by atoms with E-state index >= 15 is 0 Å². The van der Waals surface area contributed by atoms with Gasteiger partial charge in [-0.1, -0.05) is 0 Å². The van der Waals surface area contributed by atoms with Gasteiger partial charge in [-0.2, -0.15) is 0 Å². The molecule has 0 saturated heterocycles. The highest BCUT2D eigenvalue weighted by molar-refractivity contribution is 5.80. The summed E-state index contributed by atoms with van der Waals surface area (Å²) in [5.74, 6) is -4.60. The molecule has 1 amide bonds. The second-order valence-corrected chi connectivity index (χ2v) is 3.86. The zero-order chi connectivity index (χ0) is 18.1. The number of hydrogen-bond donors (Lipinski definition) is 3. The molecule has 0 bridgehead atoms. The van der Waals surface area contributed by atoms with Crippen LogP contribution in [-0.2, 0) is 14.3 Å². The van der Waals surface area contributed by atoms with Crippen molar-refractivity contribution >= 4 is 18.0 Å². The van der Waals surface area contributed by atoms with E-state index in [1.165, 1.54) is 26.1 Å². The summed E-state index contributed by atoms with van der Waals surface area (Å²) in [4.78, 5) is 33.6. The first-order valence-corrected chi connectivity index (χ1v) is 4.47. The van der Waals surface area contributed by atoms with Crippen molar-refractivity contribution in [1.82, 2.24) is 5.32 Å². The Morgan fingerprint density at radius 3 is 2.29 bits per heavy atom. The summed E-state index contributed by atoms with van der Waals surface area (Å²) in [5, 5.41) is 19.1. The van der Waals surface area contributed by atoms with E-state index in [1.54, 1.807) is 0 Å². The van der Waals surface area contributed by atoms with Crippen LogP contribution in [0.4, 0.5) is 4.79 Å². The number of nitrogens with one attached hydrogen (secondary N) is 1. The largest absolute Gasteiger partial charge is 0.481 e. The summed E-state index contributed by atoms with van der Waals surface area (Å²) < 4.78 is 41.5. The highest BCUT2D eigenvalue weighted by Gasteiger charge is 2.24. The van der Waals surface area contributed by atoms with Gasteiger partial charge in [-0.3, -0.25) is 4.79 Å². The molecule has 0 aliphatic carbocycles. The molecule has 0 saturated carbocycles. The van der Waals surface area contributed by atoms with Gasteiger partial charge >= 0.3 is 18.0 Å². The predicted octanol–water partition coefficient (Wildman–Crippen LogP) is 0.829. The van der Waals surface area contributed by atoms with Crippen LogP contribution in [0.5, 0.6) is 0 Å². The third kappa shape index (κ3) is 8.06. The van der Waals surface area contributed by atoms with Crippen LogP contribution in [0.2, 0.25) is 0 Å². The predicted molar refractivity (Wildman–Crippen MR) is 57.7 cm³/mol. The second kappa shape index (κ2) is 6.07. The fraction of sp³-hybridized carbons (Fsp3) is 0.700. The fourth-order valence-corrected chi connectivity index (χ4v) is 0.660. The molecule has 1 unspecified atom stereocenters. The standard InChI is InChI=1S/C10H17NO6/c1-10(2,3)17-9(16)11-6(8(14)15)4-5-7(12)13/h6H,4-5H2,1-3H3,(H,11,16)(H,12,13)(H,14,15)/i4D2,5D2,6D. The molecular weight excluding hydrogens is 230 g/mol. The SMILES string of the molecule is [2H]C([2H])(C(=O)O)C([2H])([2H])C([2H])(NC(=O)OC(C)(C)C)C(=O)O. The van der Waals surface area contributed by atoms with Crippen LogP contribution in [0.15, 0.2) is 0 Å². The molecule has 7 heteroatoms. The van der Waals surface area contributed by atoms with Crippen molar-refractivity contribution in [3.63, 3.8) is 0 Å². The third-order valence-corrected chi connectivity index (χ3v) is 1.13. The number of rotatable bonds is 5. The Kier molecular flexibility index (Phi) is 2.97. The highest BCUT2D eigenvalue weighted by atomic mass is 16.6. The number of ether oxygens (including phenoxy) is 1. The van der Waals surface area contributed by atoms with E-state index in [0.29, 0.717) is 0 Å². The number of amides is 1. The first-order valence-electron chi connectivity index (χ1n) is 6.97. The number of carboxylic acids is 2. The van der Waals surface area contributed by atoms with Gasteiger partial charge in [-0.05, 0) is 27.1 Å². The van der Waals surface area contributed by atoms with Crippen LogP contribution in [-0.4, -0.2) is 39.9 Å². The highest BCUT2D eigenvalue weighted by Crippen LogP contribution is 2.07. The number of carboxylic acid groups (broad SMARTS) is 2. The normalized spacial score (nSPS) is 20.5. The maximum Gasteiger partial charge on any atom is 0.408 e. The number of alkyl carbamates (subject to hydrolysis) is 1. The molecule has 7 nitrogen and oxygen atoms in total. The average Bonchev–Trinajstić information content (AvgIpc) is 2.24. The van der Waals surface area contributed by atoms with E-state index in [9.17, 15) is 14.4 Å². The lowest BCUT2D eigenvalue weighted by molar-refractivity contribution is -0.140. The summed E-state index contributed by atoms with van der Waals surface area (Å²) in [6.45, 7) is 4.26. The van der Waals surface area contributed by atoms with Crippen LogP contribution in [0.25, 0.3) is 0 Å². The van der Waals surface area contributed by atoms with Gasteiger partial charge in [0, 0.05) is 11.9 Å². The van der Waals surface area contributed by atoms with Crippen molar-refractivity contribution in [2.45, 2.75) is 45.1 Å². The lowest BCUT2D eigenvalue weighted by Crippen LogP contribution is -2.43. The van der Waals surface area contributed by atoms with Crippen molar-refractivity contribution < 1.29 is 36.2 Å². The molecule has 0 fully saturated rings. The third-order valence-electron chi connectivity index (χ3n) is 1.13. The molecule has 17 heavy (non-hydrogen) atoms. The maximum absolute atomic E-state index is 11.6. The number of carbonyl (C=O) groups is 3. The minimum Gasteiger partial charge on any atom is -0.481 e. The molecule has 0 aromatic heterocycles. The van der Waals surface area contributed by atoms with E-state index in [4.69, 9.17) is 17.1 Å². The average molecular weight is 252 g/mol. The molecule has 98 valence electrons. The molecular formula is C10H17NO6. The Bertz CT molecular complexity index is 489. The van der Waals surface area contributed by atoms with E-state index in [-0.39, 0.29) is 0 Å². The van der Waals surface area contributed by atoms with Crippen molar-refractivity contribution in [1.29, 1.82) is 0 Å². The molecule has 0 rings (SSSR count). The number of aliphatic carboxylic acids is 2. The summed E-state index contributed by atoms with van der Waals surface area (Å²) in [7, 11) is 0. The van der Waals surface area contributed by atoms with Crippen molar-refractivity contribution in [3.8, 4) is 0 Å². The molecule has 0 aliphatic rings. The lowest BCUT2D eigenvalue weighted by atomic mass is 10.1. The van der Waals surface area contributed by atoms with Crippen LogP contribution in [0.1, 0.15) is 40.4 Å². The molecule has 0 aliphatic heterocycles. The van der Waals surface area contributed by atoms with Crippen molar-refractivity contribution in [3.05, 3.63) is 0 Å². The second-order valence-electron chi connectivity index (χ2n) is 3.86. The van der Waals surface area contributed by atoms with Crippen LogP contribution in [0, 0.1) is 0 Å². The van der Waals surface area contributed by atoms with Crippen LogP contribution >= 0.6 is 0 Å². The summed E-state index contributed by atoms with van der Waals surface area (Å²) in [5.41, 5.74) is -1.10. The summed E-state index contributed by atoms with van der Waals surface area (Å²) in [6.07, 6.45) is -9.08. The lowest BCUT2D eigenvalue weighted by Gasteiger charge is -2.21. The number of carbonyl (C=O) groups excluding carboxylic acids is 1. The maximum atomic E-state index is 11.6. The molecule has 0 spiro atoms. The Balaban J connectivity index is 5.75. The van der Waals surface area contributed by atoms with Gasteiger partial charge < -0.3 is 20.3 Å². The fourth-order valence-electron chi connectivity index (χ4n) is 0.660. The molecule has 0 aromatic carbocycles. The Hall–Kier alpha value is -1.79. The smallest absolute Gasteiger partial charge is 0.408 e. The zero-order valence-electron chi connectivity index (χ0n) is 14.5. The van der Waals surface area contributed by atoms with Gasteiger partial charge in [0.2, 0.25) is 0 Å². The van der Waals surface area contributed by atoms with E-state index in [0.717, 1.165) is 0 Å². The summed E-state index contributed by atoms with van der Waals surface area (Å²) >= 11 is 0. The molecule has 1 atom stereocenters. The molecule has 0 aromatic rings. The van der Waals surface area contributed by atoms with Gasteiger partial charge in [-0.15, -0.1) is 0 Å². The van der Waals surface area contributed by atoms with E-state index in [1.807, 2.05) is 0 Å². The van der Waals surface area contributed by atoms with Gasteiger partial charge in [0.15, 0.2) is 0 Å². The first kappa shape index (κ1) is 8.32. The van der Waals surface area contributed by atoms with Crippen LogP contribution in [0.3, 0.4) is 0 Å². The monoisotopic (exact) mass is 252 g/mol. The quantitative estimate of drug-likeness (QED) is 0.668. The molecule has 0 radical (unpaired) electrons. The Morgan fingerprint density at radius 2 is 1.94 bits per heavy atom. The van der Waals surface area contributed by atoms with Gasteiger partial charge in [0.05, 0.1) is 1.37 Å². The topological polar surface area (TPSA) is 113 Å². The van der Waals surface area contributed by atoms with Crippen molar-refractivity contribution in [2.24, 2.45) is 0 Å². The first-order chi connectivity index (χ1) is 9.49. The van der Waals surface area contributed by atoms with E-state index in [2.05, 4.69) is 4.74 Å². The Labute approximate surface area is 106 Å². The number of hydrogen-bond acceptors (Lipinski definition) is 4. The van der Waals surface area contributed by atoms with Gasteiger partial charge in [-0.25, -0.2) is 9.59 Å². The van der Waals surface area contributed by atoms with Gasteiger partial charge in [0.1, 0.15) is 11.6 Å². The zero-order valence-corrected chi connectivity index (χ0v) is 9.53.